The highest BCUT2D eigenvalue weighted by Crippen LogP contribution is 2.35. The molecule has 1 aliphatic rings. The first kappa shape index (κ1) is 13.3. The van der Waals surface area contributed by atoms with Crippen LogP contribution in [0.5, 0.6) is 0 Å². The van der Waals surface area contributed by atoms with E-state index in [0.29, 0.717) is 11.6 Å². The Kier molecular flexibility index (Phi) is 3.41. The fraction of sp³-hybridized carbons (Fsp3) is 0.125. The minimum absolute atomic E-state index is 0.367. The first-order valence-electron chi connectivity index (χ1n) is 6.52. The number of hydrogen-bond donors (Lipinski definition) is 1. The van der Waals surface area contributed by atoms with Crippen molar-refractivity contribution in [2.45, 2.75) is 6.10 Å². The lowest BCUT2D eigenvalue weighted by Gasteiger charge is -2.16. The highest BCUT2D eigenvalue weighted by Gasteiger charge is 2.25. The summed E-state index contributed by atoms with van der Waals surface area (Å²) in [4.78, 5) is 17.6. The fourth-order valence-corrected chi connectivity index (χ4v) is 2.20. The quantitative estimate of drug-likeness (QED) is 0.920. The molecule has 5 nitrogen and oxygen atoms in total. The third kappa shape index (κ3) is 2.51. The molecular formula is C16H14N2O3. The molecule has 1 aromatic heterocycles. The molecule has 1 aromatic carbocycles. The van der Waals surface area contributed by atoms with Crippen LogP contribution in [0.25, 0.3) is 5.76 Å². The molecule has 5 heteroatoms. The standard InChI is InChI=1S/C16H14N2O3/c1-18(15-8-4-5-9-17-15)16(20)21-14-10-13(19)11-6-2-3-7-12(11)14/h2-10,13,19H,1H3. The molecule has 1 heterocycles. The van der Waals surface area contributed by atoms with Gasteiger partial charge in [-0.2, -0.15) is 0 Å². The van der Waals surface area contributed by atoms with E-state index in [9.17, 15) is 9.90 Å². The van der Waals surface area contributed by atoms with Crippen molar-refractivity contribution in [2.75, 3.05) is 11.9 Å². The zero-order valence-corrected chi connectivity index (χ0v) is 11.4. The summed E-state index contributed by atoms with van der Waals surface area (Å²) in [5.41, 5.74) is 1.47. The second-order valence-corrected chi connectivity index (χ2v) is 4.68. The van der Waals surface area contributed by atoms with Crippen molar-refractivity contribution in [2.24, 2.45) is 0 Å². The molecule has 0 saturated carbocycles. The molecule has 1 atom stereocenters. The predicted octanol–water partition coefficient (Wildman–Crippen LogP) is 2.74. The second-order valence-electron chi connectivity index (χ2n) is 4.68. The number of aromatic nitrogens is 1. The Morgan fingerprint density at radius 1 is 1.24 bits per heavy atom. The Hall–Kier alpha value is -2.66. The molecule has 2 aromatic rings. The minimum atomic E-state index is -0.746. The van der Waals surface area contributed by atoms with Crippen molar-refractivity contribution in [1.29, 1.82) is 0 Å². The van der Waals surface area contributed by atoms with E-state index >= 15 is 0 Å². The zero-order valence-electron chi connectivity index (χ0n) is 11.4. The Bertz CT molecular complexity index is 698. The molecule has 1 N–H and O–H groups in total. The van der Waals surface area contributed by atoms with E-state index in [1.807, 2.05) is 18.2 Å². The van der Waals surface area contributed by atoms with Crippen molar-refractivity contribution >= 4 is 17.7 Å². The molecular weight excluding hydrogens is 268 g/mol. The van der Waals surface area contributed by atoms with E-state index in [-0.39, 0.29) is 0 Å². The zero-order chi connectivity index (χ0) is 14.8. The number of carbonyl (C=O) groups is 1. The molecule has 0 saturated heterocycles. The monoisotopic (exact) mass is 282 g/mol. The van der Waals surface area contributed by atoms with Gasteiger partial charge in [0.15, 0.2) is 0 Å². The summed E-state index contributed by atoms with van der Waals surface area (Å²) in [6.07, 6.45) is 1.83. The molecule has 1 unspecified atom stereocenters. The van der Waals surface area contributed by atoms with Crippen LogP contribution in [-0.2, 0) is 4.74 Å². The maximum atomic E-state index is 12.2. The number of hydrogen-bond acceptors (Lipinski definition) is 4. The summed E-state index contributed by atoms with van der Waals surface area (Å²) < 4.78 is 5.37. The van der Waals surface area contributed by atoms with E-state index in [1.165, 1.54) is 11.0 Å². The van der Waals surface area contributed by atoms with Crippen LogP contribution >= 0.6 is 0 Å². The number of benzene rings is 1. The highest BCUT2D eigenvalue weighted by molar-refractivity contribution is 5.90. The summed E-state index contributed by atoms with van der Waals surface area (Å²) in [7, 11) is 1.59. The number of ether oxygens (including phenoxy) is 1. The lowest BCUT2D eigenvalue weighted by Crippen LogP contribution is -2.27. The minimum Gasteiger partial charge on any atom is -0.410 e. The van der Waals surface area contributed by atoms with Crippen LogP contribution in [0.2, 0.25) is 0 Å². The van der Waals surface area contributed by atoms with Crippen molar-refractivity contribution in [3.63, 3.8) is 0 Å². The van der Waals surface area contributed by atoms with Crippen LogP contribution in [0.3, 0.4) is 0 Å². The van der Waals surface area contributed by atoms with Crippen LogP contribution in [0, 0.1) is 0 Å². The number of amides is 1. The van der Waals surface area contributed by atoms with Gasteiger partial charge in [-0.15, -0.1) is 0 Å². The Labute approximate surface area is 122 Å². The largest absolute Gasteiger partial charge is 0.420 e. The Morgan fingerprint density at radius 3 is 2.76 bits per heavy atom. The van der Waals surface area contributed by atoms with Gasteiger partial charge in [-0.05, 0) is 23.8 Å². The van der Waals surface area contributed by atoms with Gasteiger partial charge in [0.1, 0.15) is 17.7 Å². The lowest BCUT2D eigenvalue weighted by molar-refractivity contribution is 0.199. The molecule has 0 aliphatic heterocycles. The Morgan fingerprint density at radius 2 is 2.00 bits per heavy atom. The van der Waals surface area contributed by atoms with Gasteiger partial charge in [-0.3, -0.25) is 4.90 Å². The second kappa shape index (κ2) is 5.38. The van der Waals surface area contributed by atoms with E-state index in [1.54, 1.807) is 37.5 Å². The number of carbonyl (C=O) groups excluding carboxylic acids is 1. The molecule has 1 aliphatic carbocycles. The van der Waals surface area contributed by atoms with Gasteiger partial charge in [0.25, 0.3) is 0 Å². The Balaban J connectivity index is 1.79. The van der Waals surface area contributed by atoms with Crippen LogP contribution in [0.4, 0.5) is 10.6 Å². The first-order chi connectivity index (χ1) is 10.2. The van der Waals surface area contributed by atoms with Gasteiger partial charge in [-0.1, -0.05) is 30.3 Å². The van der Waals surface area contributed by atoms with Crippen LogP contribution < -0.4 is 4.90 Å². The van der Waals surface area contributed by atoms with Gasteiger partial charge < -0.3 is 9.84 Å². The summed E-state index contributed by atoms with van der Waals surface area (Å²) >= 11 is 0. The van der Waals surface area contributed by atoms with E-state index < -0.39 is 12.2 Å². The maximum absolute atomic E-state index is 12.2. The topological polar surface area (TPSA) is 62.7 Å². The average molecular weight is 282 g/mol. The number of aliphatic hydroxyl groups excluding tert-OH is 1. The summed E-state index contributed by atoms with van der Waals surface area (Å²) in [5, 5.41) is 9.93. The van der Waals surface area contributed by atoms with E-state index in [4.69, 9.17) is 4.74 Å². The molecule has 0 bridgehead atoms. The fourth-order valence-electron chi connectivity index (χ4n) is 2.20. The van der Waals surface area contributed by atoms with E-state index in [2.05, 4.69) is 4.98 Å². The SMILES string of the molecule is CN(C(=O)OC1=CC(O)c2ccccc21)c1ccccn1. The highest BCUT2D eigenvalue weighted by atomic mass is 16.6. The van der Waals surface area contributed by atoms with E-state index in [0.717, 1.165) is 11.1 Å². The first-order valence-corrected chi connectivity index (χ1v) is 6.52. The number of fused-ring (bicyclic) bond motifs is 1. The average Bonchev–Trinajstić information content (AvgIpc) is 2.84. The molecule has 3 rings (SSSR count). The van der Waals surface area contributed by atoms with Gasteiger partial charge in [0.2, 0.25) is 0 Å². The number of anilines is 1. The van der Waals surface area contributed by atoms with Gasteiger partial charge in [0.05, 0.1) is 0 Å². The van der Waals surface area contributed by atoms with Crippen LogP contribution in [-0.4, -0.2) is 23.2 Å². The molecule has 1 amide bonds. The van der Waals surface area contributed by atoms with Crippen LogP contribution in [0.15, 0.2) is 54.7 Å². The summed E-state index contributed by atoms with van der Waals surface area (Å²) in [5.74, 6) is 0.862. The number of pyridine rings is 1. The van der Waals surface area contributed by atoms with Crippen LogP contribution in [0.1, 0.15) is 17.2 Å². The smallest absolute Gasteiger partial charge is 0.410 e. The number of aliphatic hydroxyl groups is 1. The van der Waals surface area contributed by atoms with Crippen molar-refractivity contribution in [3.8, 4) is 0 Å². The maximum Gasteiger partial charge on any atom is 0.420 e. The van der Waals surface area contributed by atoms with Crippen molar-refractivity contribution in [1.82, 2.24) is 4.98 Å². The number of nitrogens with zero attached hydrogens (tertiary/aromatic N) is 2. The van der Waals surface area contributed by atoms with Gasteiger partial charge in [0, 0.05) is 18.8 Å². The van der Waals surface area contributed by atoms with Gasteiger partial charge >= 0.3 is 6.09 Å². The summed E-state index contributed by atoms with van der Waals surface area (Å²) in [6.45, 7) is 0. The third-order valence-electron chi connectivity index (χ3n) is 3.32. The normalized spacial score (nSPS) is 16.1. The van der Waals surface area contributed by atoms with Crippen molar-refractivity contribution < 1.29 is 14.6 Å². The molecule has 0 spiro atoms. The summed E-state index contributed by atoms with van der Waals surface area (Å²) in [6, 6.07) is 12.6. The molecule has 0 fully saturated rings. The molecule has 21 heavy (non-hydrogen) atoms. The number of rotatable bonds is 2. The molecule has 0 radical (unpaired) electrons. The third-order valence-corrected chi connectivity index (χ3v) is 3.32. The van der Waals surface area contributed by atoms with Gasteiger partial charge in [-0.25, -0.2) is 9.78 Å². The predicted molar refractivity (Wildman–Crippen MR) is 78.5 cm³/mol. The molecule has 106 valence electrons. The van der Waals surface area contributed by atoms with Crippen molar-refractivity contribution in [3.05, 3.63) is 65.9 Å². The lowest BCUT2D eigenvalue weighted by atomic mass is 10.1.